The molecule has 0 atom stereocenters. The van der Waals surface area contributed by atoms with Gasteiger partial charge in [-0.05, 0) is 25.8 Å². The summed E-state index contributed by atoms with van der Waals surface area (Å²) in [4.78, 5) is 5.13. The molecule has 0 bridgehead atoms. The molecule has 0 aromatic heterocycles. The second-order valence-corrected chi connectivity index (χ2v) is 5.37. The Bertz CT molecular complexity index is 160. The van der Waals surface area contributed by atoms with Crippen LogP contribution in [0.5, 0.6) is 0 Å². The lowest BCUT2D eigenvalue weighted by Crippen LogP contribution is -2.53. The summed E-state index contributed by atoms with van der Waals surface area (Å²) in [5.41, 5.74) is 0. The number of hydrogen-bond acceptors (Lipinski definition) is 2. The molecule has 2 fully saturated rings. The molecule has 0 aromatic carbocycles. The van der Waals surface area contributed by atoms with Crippen molar-refractivity contribution in [2.45, 2.75) is 18.9 Å². The van der Waals surface area contributed by atoms with Gasteiger partial charge < -0.3 is 4.90 Å². The van der Waals surface area contributed by atoms with Crippen LogP contribution in [0.15, 0.2) is 0 Å². The van der Waals surface area contributed by atoms with Crippen LogP contribution in [0.4, 0.5) is 0 Å². The Labute approximate surface area is 94.8 Å². The molecule has 0 spiro atoms. The monoisotopic (exact) mass is 294 g/mol. The van der Waals surface area contributed by atoms with Crippen LogP contribution in [0.1, 0.15) is 12.8 Å². The Balaban J connectivity index is 1.71. The molecule has 3 heteroatoms. The summed E-state index contributed by atoms with van der Waals surface area (Å²) in [5.74, 6) is 1.03. The van der Waals surface area contributed by atoms with Crippen molar-refractivity contribution in [2.24, 2.45) is 5.92 Å². The molecule has 2 nitrogen and oxygen atoms in total. The van der Waals surface area contributed by atoms with E-state index in [1.54, 1.807) is 0 Å². The van der Waals surface area contributed by atoms with E-state index in [2.05, 4.69) is 39.4 Å². The Hall–Kier alpha value is 0.650. The number of nitrogens with zero attached hydrogens (tertiary/aromatic N) is 2. The van der Waals surface area contributed by atoms with E-state index in [1.165, 1.54) is 43.4 Å². The van der Waals surface area contributed by atoms with Crippen LogP contribution in [0.2, 0.25) is 0 Å². The van der Waals surface area contributed by atoms with Crippen LogP contribution in [0, 0.1) is 5.92 Å². The van der Waals surface area contributed by atoms with Crippen molar-refractivity contribution < 1.29 is 0 Å². The molecular formula is C10H19IN2. The van der Waals surface area contributed by atoms with E-state index in [9.17, 15) is 0 Å². The minimum Gasteiger partial charge on any atom is -0.304 e. The van der Waals surface area contributed by atoms with Gasteiger partial charge in [-0.3, -0.25) is 4.90 Å². The second-order valence-electron chi connectivity index (χ2n) is 4.48. The highest BCUT2D eigenvalue weighted by Gasteiger charge is 2.33. The van der Waals surface area contributed by atoms with Crippen molar-refractivity contribution in [3.8, 4) is 0 Å². The Morgan fingerprint density at radius 1 is 1.15 bits per heavy atom. The number of halogens is 1. The van der Waals surface area contributed by atoms with Gasteiger partial charge in [-0.2, -0.15) is 0 Å². The smallest absolute Gasteiger partial charge is 0.0113 e. The largest absolute Gasteiger partial charge is 0.304 e. The minimum atomic E-state index is 0.938. The number of alkyl halides is 1. The van der Waals surface area contributed by atoms with Crippen LogP contribution >= 0.6 is 22.6 Å². The van der Waals surface area contributed by atoms with E-state index in [1.807, 2.05) is 0 Å². The van der Waals surface area contributed by atoms with Gasteiger partial charge >= 0.3 is 0 Å². The summed E-state index contributed by atoms with van der Waals surface area (Å²) in [6.07, 6.45) is 2.93. The third-order valence-corrected chi connectivity index (χ3v) is 4.73. The van der Waals surface area contributed by atoms with Gasteiger partial charge in [0, 0.05) is 36.6 Å². The summed E-state index contributed by atoms with van der Waals surface area (Å²) in [6, 6.07) is 0.938. The van der Waals surface area contributed by atoms with Gasteiger partial charge in [0.15, 0.2) is 0 Å². The first kappa shape index (κ1) is 10.2. The molecule has 2 rings (SSSR count). The molecular weight excluding hydrogens is 275 g/mol. The third-order valence-electron chi connectivity index (χ3n) is 3.48. The Morgan fingerprint density at radius 3 is 2.31 bits per heavy atom. The molecule has 0 unspecified atom stereocenters. The van der Waals surface area contributed by atoms with Gasteiger partial charge in [0.1, 0.15) is 0 Å². The lowest BCUT2D eigenvalue weighted by molar-refractivity contribution is 0.0478. The average Bonchev–Trinajstić information content (AvgIpc) is 2.06. The molecule has 1 aliphatic carbocycles. The molecule has 1 aliphatic heterocycles. The quantitative estimate of drug-likeness (QED) is 0.562. The number of hydrogen-bond donors (Lipinski definition) is 0. The number of likely N-dealkylation sites (N-methyl/N-ethyl adjacent to an activating group) is 1. The second kappa shape index (κ2) is 4.45. The summed E-state index contributed by atoms with van der Waals surface area (Å²) in [5, 5.41) is 0. The lowest BCUT2D eigenvalue weighted by atomic mass is 9.80. The van der Waals surface area contributed by atoms with Crippen molar-refractivity contribution in [1.82, 2.24) is 9.80 Å². The van der Waals surface area contributed by atoms with Crippen molar-refractivity contribution in [3.63, 3.8) is 0 Å². The summed E-state index contributed by atoms with van der Waals surface area (Å²) in [7, 11) is 2.23. The van der Waals surface area contributed by atoms with E-state index in [0.717, 1.165) is 12.0 Å². The van der Waals surface area contributed by atoms with Crippen LogP contribution in [-0.4, -0.2) is 53.5 Å². The Kier molecular flexibility index (Phi) is 3.48. The van der Waals surface area contributed by atoms with Gasteiger partial charge in [-0.1, -0.05) is 22.6 Å². The maximum atomic E-state index is 2.70. The molecule has 0 aromatic rings. The number of piperazine rings is 1. The molecule has 1 saturated carbocycles. The predicted octanol–water partition coefficient (Wildman–Crippen LogP) is 1.45. The van der Waals surface area contributed by atoms with Crippen molar-refractivity contribution in [1.29, 1.82) is 0 Å². The zero-order chi connectivity index (χ0) is 9.26. The molecule has 76 valence electrons. The standard InChI is InChI=1S/C10H19IN2/c1-12-2-4-13(5-3-12)10-6-9(7-10)8-11/h9-10H,2-8H2,1H3. The molecule has 0 N–H and O–H groups in total. The summed E-state index contributed by atoms with van der Waals surface area (Å²) < 4.78 is 1.36. The number of rotatable bonds is 2. The minimum absolute atomic E-state index is 0.938. The average molecular weight is 294 g/mol. The van der Waals surface area contributed by atoms with Crippen LogP contribution in [0.3, 0.4) is 0 Å². The Morgan fingerprint density at radius 2 is 1.77 bits per heavy atom. The normalized spacial score (nSPS) is 37.4. The predicted molar refractivity (Wildman–Crippen MR) is 64.5 cm³/mol. The molecule has 1 heterocycles. The first-order valence-corrected chi connectivity index (χ1v) is 6.80. The van der Waals surface area contributed by atoms with Gasteiger partial charge in [0.25, 0.3) is 0 Å². The fourth-order valence-corrected chi connectivity index (χ4v) is 3.03. The van der Waals surface area contributed by atoms with Crippen LogP contribution in [0.25, 0.3) is 0 Å². The van der Waals surface area contributed by atoms with Crippen molar-refractivity contribution in [3.05, 3.63) is 0 Å². The van der Waals surface area contributed by atoms with Gasteiger partial charge in [0.2, 0.25) is 0 Å². The fourth-order valence-electron chi connectivity index (χ4n) is 2.31. The SMILES string of the molecule is CN1CCN(C2CC(CI)C2)CC1. The van der Waals surface area contributed by atoms with E-state index in [0.29, 0.717) is 0 Å². The molecule has 0 amide bonds. The first-order chi connectivity index (χ1) is 6.29. The van der Waals surface area contributed by atoms with E-state index >= 15 is 0 Å². The zero-order valence-electron chi connectivity index (χ0n) is 8.38. The molecule has 13 heavy (non-hydrogen) atoms. The maximum absolute atomic E-state index is 2.70. The maximum Gasteiger partial charge on any atom is 0.0113 e. The summed E-state index contributed by atoms with van der Waals surface area (Å²) >= 11 is 2.52. The van der Waals surface area contributed by atoms with Crippen molar-refractivity contribution in [2.75, 3.05) is 37.7 Å². The third kappa shape index (κ3) is 2.36. The fraction of sp³-hybridized carbons (Fsp3) is 1.00. The van der Waals surface area contributed by atoms with E-state index in [4.69, 9.17) is 0 Å². The highest BCUT2D eigenvalue weighted by molar-refractivity contribution is 14.1. The highest BCUT2D eigenvalue weighted by atomic mass is 127. The highest BCUT2D eigenvalue weighted by Crippen LogP contribution is 2.33. The van der Waals surface area contributed by atoms with Gasteiger partial charge in [0.05, 0.1) is 0 Å². The van der Waals surface area contributed by atoms with Gasteiger partial charge in [-0.15, -0.1) is 0 Å². The van der Waals surface area contributed by atoms with E-state index < -0.39 is 0 Å². The lowest BCUT2D eigenvalue weighted by Gasteiger charge is -2.45. The zero-order valence-corrected chi connectivity index (χ0v) is 10.5. The van der Waals surface area contributed by atoms with E-state index in [-0.39, 0.29) is 0 Å². The molecule has 1 saturated heterocycles. The molecule has 2 aliphatic rings. The first-order valence-electron chi connectivity index (χ1n) is 5.28. The van der Waals surface area contributed by atoms with Crippen LogP contribution in [-0.2, 0) is 0 Å². The van der Waals surface area contributed by atoms with Crippen LogP contribution < -0.4 is 0 Å². The molecule has 0 radical (unpaired) electrons. The van der Waals surface area contributed by atoms with Gasteiger partial charge in [-0.25, -0.2) is 0 Å². The van der Waals surface area contributed by atoms with Crippen molar-refractivity contribution >= 4 is 22.6 Å². The topological polar surface area (TPSA) is 6.48 Å². The summed E-state index contributed by atoms with van der Waals surface area (Å²) in [6.45, 7) is 5.14.